The van der Waals surface area contributed by atoms with Gasteiger partial charge in [-0.2, -0.15) is 0 Å². The summed E-state index contributed by atoms with van der Waals surface area (Å²) in [6.07, 6.45) is 3.57. The number of aryl methyl sites for hydroxylation is 2. The van der Waals surface area contributed by atoms with E-state index in [0.29, 0.717) is 17.1 Å². The van der Waals surface area contributed by atoms with Crippen LogP contribution in [0.4, 0.5) is 5.69 Å². The minimum absolute atomic E-state index is 0.564. The van der Waals surface area contributed by atoms with Crippen LogP contribution in [0, 0.1) is 13.8 Å². The molecule has 0 saturated carbocycles. The summed E-state index contributed by atoms with van der Waals surface area (Å²) in [5, 5.41) is 3.81. The molecule has 0 radical (unpaired) electrons. The lowest BCUT2D eigenvalue weighted by Gasteiger charge is -1.87. The Morgan fingerprint density at radius 1 is 1.27 bits per heavy atom. The SMILES string of the molecule is Cc1ccc(/C=C/c2noc(C)c2N)o1. The second kappa shape index (κ2) is 3.65. The highest BCUT2D eigenvalue weighted by Gasteiger charge is 2.05. The molecule has 2 aromatic rings. The Kier molecular flexibility index (Phi) is 2.33. The number of nitrogens with two attached hydrogens (primary N) is 1. The van der Waals surface area contributed by atoms with Gasteiger partial charge in [0, 0.05) is 0 Å². The number of anilines is 1. The van der Waals surface area contributed by atoms with E-state index in [1.165, 1.54) is 0 Å². The summed E-state index contributed by atoms with van der Waals surface area (Å²) in [7, 11) is 0. The summed E-state index contributed by atoms with van der Waals surface area (Å²) in [6.45, 7) is 3.67. The third-order valence-electron chi connectivity index (χ3n) is 2.10. The highest BCUT2D eigenvalue weighted by molar-refractivity contribution is 5.72. The van der Waals surface area contributed by atoms with E-state index in [2.05, 4.69) is 5.16 Å². The van der Waals surface area contributed by atoms with Gasteiger partial charge in [0.2, 0.25) is 0 Å². The van der Waals surface area contributed by atoms with E-state index in [1.807, 2.05) is 19.1 Å². The third kappa shape index (κ3) is 1.93. The average Bonchev–Trinajstić information content (AvgIpc) is 2.74. The number of hydrogen-bond donors (Lipinski definition) is 1. The summed E-state index contributed by atoms with van der Waals surface area (Å²) >= 11 is 0. The molecule has 15 heavy (non-hydrogen) atoms. The molecule has 0 spiro atoms. The Morgan fingerprint density at radius 3 is 2.60 bits per heavy atom. The molecule has 0 fully saturated rings. The van der Waals surface area contributed by atoms with Gasteiger partial charge in [0.05, 0.1) is 0 Å². The largest absolute Gasteiger partial charge is 0.462 e. The summed E-state index contributed by atoms with van der Waals surface area (Å²) in [6, 6.07) is 3.78. The van der Waals surface area contributed by atoms with E-state index in [0.717, 1.165) is 11.5 Å². The molecule has 0 aliphatic heterocycles. The van der Waals surface area contributed by atoms with E-state index < -0.39 is 0 Å². The Labute approximate surface area is 87.4 Å². The van der Waals surface area contributed by atoms with Crippen molar-refractivity contribution >= 4 is 17.8 Å². The maximum atomic E-state index is 5.73. The maximum absolute atomic E-state index is 5.73. The molecule has 0 bridgehead atoms. The molecular weight excluding hydrogens is 192 g/mol. The summed E-state index contributed by atoms with van der Waals surface area (Å²) in [5.41, 5.74) is 6.92. The van der Waals surface area contributed by atoms with Crippen molar-refractivity contribution in [1.29, 1.82) is 0 Å². The number of nitrogens with zero attached hydrogens (tertiary/aromatic N) is 1. The quantitative estimate of drug-likeness (QED) is 0.816. The normalized spacial score (nSPS) is 11.3. The molecular formula is C11H12N2O2. The molecule has 0 atom stereocenters. The second-order valence-corrected chi connectivity index (χ2v) is 3.32. The van der Waals surface area contributed by atoms with Gasteiger partial charge in [-0.05, 0) is 38.1 Å². The van der Waals surface area contributed by atoms with Gasteiger partial charge < -0.3 is 14.7 Å². The predicted molar refractivity (Wildman–Crippen MR) is 58.0 cm³/mol. The fourth-order valence-corrected chi connectivity index (χ4v) is 1.22. The lowest BCUT2D eigenvalue weighted by Crippen LogP contribution is -1.86. The number of nitrogen functional groups attached to an aromatic ring is 1. The van der Waals surface area contributed by atoms with Crippen LogP contribution in [0.25, 0.3) is 12.2 Å². The van der Waals surface area contributed by atoms with Gasteiger partial charge in [0.1, 0.15) is 22.9 Å². The summed E-state index contributed by atoms with van der Waals surface area (Å²) < 4.78 is 10.3. The van der Waals surface area contributed by atoms with Gasteiger partial charge in [0.25, 0.3) is 0 Å². The first kappa shape index (κ1) is 9.58. The first-order chi connectivity index (χ1) is 7.16. The van der Waals surface area contributed by atoms with Crippen molar-refractivity contribution in [2.75, 3.05) is 5.73 Å². The molecule has 4 nitrogen and oxygen atoms in total. The van der Waals surface area contributed by atoms with Crippen molar-refractivity contribution in [3.8, 4) is 0 Å². The fourth-order valence-electron chi connectivity index (χ4n) is 1.22. The summed E-state index contributed by atoms with van der Waals surface area (Å²) in [5.74, 6) is 2.27. The van der Waals surface area contributed by atoms with Crippen LogP contribution in [0.5, 0.6) is 0 Å². The van der Waals surface area contributed by atoms with Gasteiger partial charge in [-0.15, -0.1) is 0 Å². The van der Waals surface area contributed by atoms with Crippen molar-refractivity contribution in [1.82, 2.24) is 5.16 Å². The first-order valence-electron chi connectivity index (χ1n) is 4.63. The minimum Gasteiger partial charge on any atom is -0.462 e. The standard InChI is InChI=1S/C11H12N2O2/c1-7-3-4-9(14-7)5-6-10-11(12)8(2)15-13-10/h3-6H,12H2,1-2H3/b6-5+. The van der Waals surface area contributed by atoms with Crippen LogP contribution in [0.3, 0.4) is 0 Å². The van der Waals surface area contributed by atoms with Crippen LogP contribution in [0.2, 0.25) is 0 Å². The molecule has 0 aliphatic carbocycles. The highest BCUT2D eigenvalue weighted by Crippen LogP contribution is 2.18. The molecule has 2 rings (SSSR count). The topological polar surface area (TPSA) is 65.2 Å². The van der Waals surface area contributed by atoms with E-state index in [1.54, 1.807) is 19.1 Å². The summed E-state index contributed by atoms with van der Waals surface area (Å²) in [4.78, 5) is 0. The predicted octanol–water partition coefficient (Wildman–Crippen LogP) is 2.64. The first-order valence-corrected chi connectivity index (χ1v) is 4.63. The Balaban J connectivity index is 2.22. The van der Waals surface area contributed by atoms with Gasteiger partial charge >= 0.3 is 0 Å². The number of rotatable bonds is 2. The zero-order valence-electron chi connectivity index (χ0n) is 8.65. The van der Waals surface area contributed by atoms with Gasteiger partial charge in [0.15, 0.2) is 5.76 Å². The minimum atomic E-state index is 0.564. The molecule has 2 N–H and O–H groups in total. The van der Waals surface area contributed by atoms with E-state index in [9.17, 15) is 0 Å². The van der Waals surface area contributed by atoms with Gasteiger partial charge in [-0.25, -0.2) is 0 Å². The molecule has 4 heteroatoms. The molecule has 0 aromatic carbocycles. The highest BCUT2D eigenvalue weighted by atomic mass is 16.5. The van der Waals surface area contributed by atoms with Crippen molar-refractivity contribution in [2.45, 2.75) is 13.8 Å². The molecule has 0 unspecified atom stereocenters. The van der Waals surface area contributed by atoms with E-state index in [-0.39, 0.29) is 0 Å². The Morgan fingerprint density at radius 2 is 2.07 bits per heavy atom. The Bertz CT molecular complexity index is 494. The zero-order chi connectivity index (χ0) is 10.8. The zero-order valence-corrected chi connectivity index (χ0v) is 8.65. The smallest absolute Gasteiger partial charge is 0.157 e. The van der Waals surface area contributed by atoms with Crippen LogP contribution < -0.4 is 5.73 Å². The molecule has 2 heterocycles. The molecule has 0 amide bonds. The number of hydrogen-bond acceptors (Lipinski definition) is 4. The lowest BCUT2D eigenvalue weighted by molar-refractivity contribution is 0.396. The van der Waals surface area contributed by atoms with Gasteiger partial charge in [-0.3, -0.25) is 0 Å². The molecule has 0 saturated heterocycles. The molecule has 0 aliphatic rings. The van der Waals surface area contributed by atoms with Crippen molar-refractivity contribution in [3.63, 3.8) is 0 Å². The molecule has 2 aromatic heterocycles. The van der Waals surface area contributed by atoms with Crippen molar-refractivity contribution in [3.05, 3.63) is 35.1 Å². The number of furan rings is 1. The van der Waals surface area contributed by atoms with Crippen molar-refractivity contribution < 1.29 is 8.94 Å². The monoisotopic (exact) mass is 204 g/mol. The van der Waals surface area contributed by atoms with E-state index >= 15 is 0 Å². The van der Waals surface area contributed by atoms with Crippen LogP contribution >= 0.6 is 0 Å². The second-order valence-electron chi connectivity index (χ2n) is 3.32. The Hall–Kier alpha value is -1.97. The van der Waals surface area contributed by atoms with Crippen molar-refractivity contribution in [2.24, 2.45) is 0 Å². The van der Waals surface area contributed by atoms with Crippen LogP contribution in [0.15, 0.2) is 21.1 Å². The fraction of sp³-hybridized carbons (Fsp3) is 0.182. The van der Waals surface area contributed by atoms with Crippen LogP contribution in [-0.2, 0) is 0 Å². The third-order valence-corrected chi connectivity index (χ3v) is 2.10. The maximum Gasteiger partial charge on any atom is 0.157 e. The van der Waals surface area contributed by atoms with E-state index in [4.69, 9.17) is 14.7 Å². The lowest BCUT2D eigenvalue weighted by atomic mass is 10.3. The average molecular weight is 204 g/mol. The molecule has 78 valence electrons. The number of aromatic nitrogens is 1. The van der Waals surface area contributed by atoms with Crippen LogP contribution in [0.1, 0.15) is 23.0 Å². The van der Waals surface area contributed by atoms with Crippen LogP contribution in [-0.4, -0.2) is 5.16 Å². The van der Waals surface area contributed by atoms with Gasteiger partial charge in [-0.1, -0.05) is 5.16 Å².